The Balaban J connectivity index is 1.67. The van der Waals surface area contributed by atoms with Crippen molar-refractivity contribution in [2.75, 3.05) is 0 Å². The summed E-state index contributed by atoms with van der Waals surface area (Å²) in [5.41, 5.74) is 2.04. The Kier molecular flexibility index (Phi) is 5.69. The van der Waals surface area contributed by atoms with Crippen LogP contribution >= 0.6 is 11.8 Å². The summed E-state index contributed by atoms with van der Waals surface area (Å²) in [4.78, 5) is 22.2. The topological polar surface area (TPSA) is 57.0 Å². The molecule has 2 aromatic carbocycles. The average molecular weight is 443 g/mol. The molecule has 0 atom stereocenters. The van der Waals surface area contributed by atoms with E-state index in [1.807, 2.05) is 13.0 Å². The van der Waals surface area contributed by atoms with Crippen LogP contribution in [0.1, 0.15) is 11.1 Å². The fourth-order valence-corrected chi connectivity index (χ4v) is 3.90. The normalized spacial score (nSPS) is 11.6. The number of aryl methyl sites for hydroxylation is 1. The van der Waals surface area contributed by atoms with Crippen molar-refractivity contribution in [1.29, 1.82) is 0 Å². The smallest absolute Gasteiger partial charge is 0.406 e. The third kappa shape index (κ3) is 4.88. The molecule has 5 nitrogen and oxygen atoms in total. The summed E-state index contributed by atoms with van der Waals surface area (Å²) in [6, 6.07) is 16.3. The number of thioether (sulfide) groups is 1. The van der Waals surface area contributed by atoms with Crippen LogP contribution in [0.25, 0.3) is 16.7 Å². The summed E-state index contributed by atoms with van der Waals surface area (Å²) in [5.74, 6) is 0.555. The van der Waals surface area contributed by atoms with Gasteiger partial charge in [0.2, 0.25) is 0 Å². The number of halogens is 3. The van der Waals surface area contributed by atoms with E-state index in [4.69, 9.17) is 0 Å². The predicted octanol–water partition coefficient (Wildman–Crippen LogP) is 5.28. The lowest BCUT2D eigenvalue weighted by atomic mass is 10.2. The molecule has 0 N–H and O–H groups in total. The van der Waals surface area contributed by atoms with Gasteiger partial charge in [0.15, 0.2) is 5.16 Å². The van der Waals surface area contributed by atoms with Gasteiger partial charge in [-0.05, 0) is 48.4 Å². The van der Waals surface area contributed by atoms with Gasteiger partial charge in [-0.15, -0.1) is 13.2 Å². The van der Waals surface area contributed by atoms with Crippen LogP contribution in [0.4, 0.5) is 13.2 Å². The maximum absolute atomic E-state index is 13.2. The van der Waals surface area contributed by atoms with Gasteiger partial charge in [0.1, 0.15) is 11.6 Å². The van der Waals surface area contributed by atoms with Gasteiger partial charge >= 0.3 is 6.36 Å². The van der Waals surface area contributed by atoms with E-state index < -0.39 is 6.36 Å². The first kappa shape index (κ1) is 20.9. The Bertz CT molecular complexity index is 1270. The molecule has 31 heavy (non-hydrogen) atoms. The molecule has 0 unspecified atom stereocenters. The first-order chi connectivity index (χ1) is 14.8. The lowest BCUT2D eigenvalue weighted by molar-refractivity contribution is -0.274. The Labute approximate surface area is 179 Å². The second-order valence-electron chi connectivity index (χ2n) is 6.73. The Morgan fingerprint density at radius 1 is 1.03 bits per heavy atom. The maximum Gasteiger partial charge on any atom is 0.573 e. The van der Waals surface area contributed by atoms with Gasteiger partial charge in [0.25, 0.3) is 5.56 Å². The van der Waals surface area contributed by atoms with Crippen LogP contribution in [-0.2, 0) is 5.75 Å². The first-order valence-corrected chi connectivity index (χ1v) is 10.2. The Hall–Kier alpha value is -3.33. The number of nitrogens with zero attached hydrogens (tertiary/aromatic N) is 3. The molecule has 0 amide bonds. The minimum Gasteiger partial charge on any atom is -0.406 e. The van der Waals surface area contributed by atoms with Crippen LogP contribution in [0.5, 0.6) is 5.75 Å². The van der Waals surface area contributed by atoms with E-state index >= 15 is 0 Å². The van der Waals surface area contributed by atoms with Crippen molar-refractivity contribution in [2.24, 2.45) is 0 Å². The quantitative estimate of drug-likeness (QED) is 0.310. The molecular formula is C22H16F3N3O2S. The highest BCUT2D eigenvalue weighted by Gasteiger charge is 2.30. The molecule has 2 heterocycles. The zero-order valence-corrected chi connectivity index (χ0v) is 17.1. The Morgan fingerprint density at radius 3 is 2.45 bits per heavy atom. The number of hydrogen-bond donors (Lipinski definition) is 0. The van der Waals surface area contributed by atoms with Gasteiger partial charge in [-0.1, -0.05) is 42.1 Å². The molecule has 9 heteroatoms. The molecule has 0 bridgehead atoms. The minimum absolute atomic E-state index is 0.238. The molecule has 0 aliphatic rings. The summed E-state index contributed by atoms with van der Waals surface area (Å²) in [6.45, 7) is 1.90. The number of benzene rings is 2. The summed E-state index contributed by atoms with van der Waals surface area (Å²) >= 11 is 1.30. The van der Waals surface area contributed by atoms with Gasteiger partial charge in [-0.25, -0.2) is 14.5 Å². The minimum atomic E-state index is -4.73. The molecule has 158 valence electrons. The lowest BCUT2D eigenvalue weighted by Crippen LogP contribution is -2.22. The van der Waals surface area contributed by atoms with Crippen molar-refractivity contribution in [3.05, 3.63) is 88.3 Å². The standard InChI is InChI=1S/C22H16F3N3O2S/c1-14-6-11-19(26-12-14)28-20(29)17-4-2-3-5-18(17)27-21(28)31-13-15-7-9-16(10-8-15)30-22(23,24)25/h2-12H,13H2,1H3. The summed E-state index contributed by atoms with van der Waals surface area (Å²) in [5, 5.41) is 0.915. The van der Waals surface area contributed by atoms with Crippen molar-refractivity contribution in [1.82, 2.24) is 14.5 Å². The van der Waals surface area contributed by atoms with Crippen LogP contribution in [0.2, 0.25) is 0 Å². The number of ether oxygens (including phenoxy) is 1. The van der Waals surface area contributed by atoms with Gasteiger partial charge < -0.3 is 4.74 Å². The number of aromatic nitrogens is 3. The molecule has 0 aliphatic carbocycles. The number of alkyl halides is 3. The van der Waals surface area contributed by atoms with E-state index in [0.29, 0.717) is 27.6 Å². The van der Waals surface area contributed by atoms with Gasteiger partial charge in [-0.3, -0.25) is 4.79 Å². The van der Waals surface area contributed by atoms with Crippen LogP contribution in [0.15, 0.2) is 76.8 Å². The van der Waals surface area contributed by atoms with Crippen LogP contribution in [0, 0.1) is 6.92 Å². The third-order valence-electron chi connectivity index (χ3n) is 4.39. The molecule has 0 saturated carbocycles. The van der Waals surface area contributed by atoms with Crippen LogP contribution in [0.3, 0.4) is 0 Å². The second-order valence-corrected chi connectivity index (χ2v) is 7.67. The number of hydrogen-bond acceptors (Lipinski definition) is 5. The molecule has 0 fully saturated rings. The second kappa shape index (κ2) is 8.43. The first-order valence-electron chi connectivity index (χ1n) is 9.22. The monoisotopic (exact) mass is 443 g/mol. The highest BCUT2D eigenvalue weighted by molar-refractivity contribution is 7.98. The number of para-hydroxylation sites is 1. The zero-order chi connectivity index (χ0) is 22.0. The van der Waals surface area contributed by atoms with Crippen molar-refractivity contribution < 1.29 is 17.9 Å². The van der Waals surface area contributed by atoms with Gasteiger partial charge in [-0.2, -0.15) is 0 Å². The number of rotatable bonds is 5. The van der Waals surface area contributed by atoms with E-state index in [1.54, 1.807) is 48.7 Å². The highest BCUT2D eigenvalue weighted by Crippen LogP contribution is 2.27. The molecule has 2 aromatic heterocycles. The maximum atomic E-state index is 13.2. The van der Waals surface area contributed by atoms with Crippen LogP contribution in [-0.4, -0.2) is 20.9 Å². The molecule has 4 rings (SSSR count). The van der Waals surface area contributed by atoms with E-state index in [2.05, 4.69) is 14.7 Å². The Morgan fingerprint density at radius 2 is 1.77 bits per heavy atom. The SMILES string of the molecule is Cc1ccc(-n2c(SCc3ccc(OC(F)(F)F)cc3)nc3ccccc3c2=O)nc1. The fraction of sp³-hybridized carbons (Fsp3) is 0.136. The number of pyridine rings is 1. The predicted molar refractivity (Wildman–Crippen MR) is 113 cm³/mol. The summed E-state index contributed by atoms with van der Waals surface area (Å²) in [6.07, 6.45) is -3.06. The molecule has 0 aliphatic heterocycles. The van der Waals surface area contributed by atoms with E-state index in [9.17, 15) is 18.0 Å². The van der Waals surface area contributed by atoms with E-state index in [0.717, 1.165) is 11.1 Å². The average Bonchev–Trinajstić information content (AvgIpc) is 2.73. The lowest BCUT2D eigenvalue weighted by Gasteiger charge is -2.13. The molecule has 0 radical (unpaired) electrons. The molecule has 0 spiro atoms. The largest absolute Gasteiger partial charge is 0.573 e. The van der Waals surface area contributed by atoms with Gasteiger partial charge in [0.05, 0.1) is 10.9 Å². The van der Waals surface area contributed by atoms with Crippen molar-refractivity contribution >= 4 is 22.7 Å². The van der Waals surface area contributed by atoms with E-state index in [1.165, 1.54) is 28.5 Å². The molecular weight excluding hydrogens is 427 g/mol. The van der Waals surface area contributed by atoms with Gasteiger partial charge in [0, 0.05) is 11.9 Å². The molecule has 4 aromatic rings. The van der Waals surface area contributed by atoms with Crippen molar-refractivity contribution in [3.63, 3.8) is 0 Å². The number of fused-ring (bicyclic) bond motifs is 1. The molecule has 0 saturated heterocycles. The van der Waals surface area contributed by atoms with Crippen LogP contribution < -0.4 is 10.3 Å². The highest BCUT2D eigenvalue weighted by atomic mass is 32.2. The third-order valence-corrected chi connectivity index (χ3v) is 5.40. The van der Waals surface area contributed by atoms with Crippen molar-refractivity contribution in [3.8, 4) is 11.6 Å². The van der Waals surface area contributed by atoms with Crippen molar-refractivity contribution in [2.45, 2.75) is 24.2 Å². The zero-order valence-electron chi connectivity index (χ0n) is 16.3. The fourth-order valence-electron chi connectivity index (χ4n) is 2.94. The van der Waals surface area contributed by atoms with E-state index in [-0.39, 0.29) is 11.3 Å². The summed E-state index contributed by atoms with van der Waals surface area (Å²) in [7, 11) is 0. The summed E-state index contributed by atoms with van der Waals surface area (Å²) < 4.78 is 42.4.